The van der Waals surface area contributed by atoms with Gasteiger partial charge in [0.1, 0.15) is 0 Å². The lowest BCUT2D eigenvalue weighted by Gasteiger charge is -2.28. The van der Waals surface area contributed by atoms with Gasteiger partial charge in [-0.1, -0.05) is 43.3 Å². The van der Waals surface area contributed by atoms with Gasteiger partial charge < -0.3 is 10.2 Å². The van der Waals surface area contributed by atoms with Gasteiger partial charge in [0.25, 0.3) is 5.91 Å². The van der Waals surface area contributed by atoms with E-state index >= 15 is 0 Å². The molecule has 1 aliphatic rings. The normalized spacial score (nSPS) is 18.0. The molecule has 3 heteroatoms. The van der Waals surface area contributed by atoms with Crippen molar-refractivity contribution >= 4 is 16.7 Å². The van der Waals surface area contributed by atoms with Gasteiger partial charge in [0.05, 0.1) is 0 Å². The first-order valence-electron chi connectivity index (χ1n) is 7.80. The SMILES string of the molecule is CCCN(C(=O)c1cccc2ccccc12)C1CCNC1. The molecule has 1 amide bonds. The number of carbonyl (C=O) groups is 1. The average Bonchev–Trinajstić information content (AvgIpc) is 3.05. The van der Waals surface area contributed by atoms with Crippen molar-refractivity contribution in [3.63, 3.8) is 0 Å². The van der Waals surface area contributed by atoms with Crippen LogP contribution in [0.3, 0.4) is 0 Å². The fourth-order valence-electron chi connectivity index (χ4n) is 3.16. The van der Waals surface area contributed by atoms with Crippen molar-refractivity contribution < 1.29 is 4.79 Å². The summed E-state index contributed by atoms with van der Waals surface area (Å²) < 4.78 is 0. The van der Waals surface area contributed by atoms with Crippen molar-refractivity contribution in [1.82, 2.24) is 10.2 Å². The molecule has 1 atom stereocenters. The van der Waals surface area contributed by atoms with Crippen molar-refractivity contribution in [1.29, 1.82) is 0 Å². The predicted molar refractivity (Wildman–Crippen MR) is 86.6 cm³/mol. The molecule has 0 radical (unpaired) electrons. The van der Waals surface area contributed by atoms with Crippen LogP contribution in [0.1, 0.15) is 30.1 Å². The van der Waals surface area contributed by atoms with E-state index in [0.29, 0.717) is 6.04 Å². The molecule has 21 heavy (non-hydrogen) atoms. The van der Waals surface area contributed by atoms with Crippen LogP contribution in [-0.4, -0.2) is 36.5 Å². The molecule has 2 aromatic carbocycles. The van der Waals surface area contributed by atoms with Gasteiger partial charge in [0.2, 0.25) is 0 Å². The van der Waals surface area contributed by atoms with E-state index in [-0.39, 0.29) is 5.91 Å². The van der Waals surface area contributed by atoms with Crippen LogP contribution < -0.4 is 5.32 Å². The second kappa shape index (κ2) is 6.27. The van der Waals surface area contributed by atoms with E-state index in [1.165, 1.54) is 0 Å². The molecule has 3 rings (SSSR count). The van der Waals surface area contributed by atoms with Crippen molar-refractivity contribution in [2.24, 2.45) is 0 Å². The summed E-state index contributed by atoms with van der Waals surface area (Å²) in [6.45, 7) is 4.88. The van der Waals surface area contributed by atoms with Crippen LogP contribution >= 0.6 is 0 Å². The highest BCUT2D eigenvalue weighted by molar-refractivity contribution is 6.07. The molecule has 0 saturated carbocycles. The summed E-state index contributed by atoms with van der Waals surface area (Å²) in [5, 5.41) is 5.54. The van der Waals surface area contributed by atoms with Crippen LogP contribution in [0.5, 0.6) is 0 Å². The van der Waals surface area contributed by atoms with Crippen LogP contribution in [0.25, 0.3) is 10.8 Å². The van der Waals surface area contributed by atoms with Gasteiger partial charge in [-0.05, 0) is 36.2 Å². The molecule has 0 aliphatic carbocycles. The molecule has 1 N–H and O–H groups in total. The Bertz CT molecular complexity index is 627. The molecule has 1 fully saturated rings. The van der Waals surface area contributed by atoms with E-state index in [2.05, 4.69) is 29.3 Å². The molecular weight excluding hydrogens is 260 g/mol. The zero-order chi connectivity index (χ0) is 14.7. The summed E-state index contributed by atoms with van der Waals surface area (Å²) in [5.74, 6) is 0.169. The molecule has 1 saturated heterocycles. The van der Waals surface area contributed by atoms with Crippen molar-refractivity contribution in [3.8, 4) is 0 Å². The monoisotopic (exact) mass is 282 g/mol. The summed E-state index contributed by atoms with van der Waals surface area (Å²) in [6, 6.07) is 14.4. The van der Waals surface area contributed by atoms with E-state index in [1.54, 1.807) is 0 Å². The van der Waals surface area contributed by atoms with E-state index < -0.39 is 0 Å². The van der Waals surface area contributed by atoms with Crippen molar-refractivity contribution in [2.45, 2.75) is 25.8 Å². The number of carbonyl (C=O) groups excluding carboxylic acids is 1. The molecule has 0 bridgehead atoms. The number of nitrogens with zero attached hydrogens (tertiary/aromatic N) is 1. The van der Waals surface area contributed by atoms with Crippen LogP contribution in [0.2, 0.25) is 0 Å². The summed E-state index contributed by atoms with van der Waals surface area (Å²) >= 11 is 0. The largest absolute Gasteiger partial charge is 0.334 e. The fourth-order valence-corrected chi connectivity index (χ4v) is 3.16. The number of amides is 1. The highest BCUT2D eigenvalue weighted by Crippen LogP contribution is 2.22. The molecule has 1 unspecified atom stereocenters. The maximum Gasteiger partial charge on any atom is 0.254 e. The number of hydrogen-bond donors (Lipinski definition) is 1. The Kier molecular flexibility index (Phi) is 4.20. The molecule has 3 nitrogen and oxygen atoms in total. The van der Waals surface area contributed by atoms with Crippen molar-refractivity contribution in [3.05, 3.63) is 48.0 Å². The summed E-state index contributed by atoms with van der Waals surface area (Å²) in [5.41, 5.74) is 0.827. The summed E-state index contributed by atoms with van der Waals surface area (Å²) in [7, 11) is 0. The molecule has 2 aromatic rings. The van der Waals surface area contributed by atoms with Crippen LogP contribution in [0.4, 0.5) is 0 Å². The Morgan fingerprint density at radius 3 is 2.81 bits per heavy atom. The molecular formula is C18H22N2O. The second-order valence-corrected chi connectivity index (χ2v) is 5.67. The minimum atomic E-state index is 0.169. The van der Waals surface area contributed by atoms with E-state index in [4.69, 9.17) is 0 Å². The maximum atomic E-state index is 13.0. The Hall–Kier alpha value is -1.87. The summed E-state index contributed by atoms with van der Waals surface area (Å²) in [4.78, 5) is 15.1. The van der Waals surface area contributed by atoms with E-state index in [1.807, 2.05) is 30.3 Å². The third-order valence-electron chi connectivity index (χ3n) is 4.22. The number of benzene rings is 2. The minimum absolute atomic E-state index is 0.169. The highest BCUT2D eigenvalue weighted by Gasteiger charge is 2.27. The van der Waals surface area contributed by atoms with Crippen LogP contribution in [-0.2, 0) is 0 Å². The molecule has 0 aromatic heterocycles. The third kappa shape index (κ3) is 2.79. The van der Waals surface area contributed by atoms with E-state index in [0.717, 1.165) is 48.8 Å². The fraction of sp³-hybridized carbons (Fsp3) is 0.389. The quantitative estimate of drug-likeness (QED) is 0.934. The Morgan fingerprint density at radius 1 is 1.24 bits per heavy atom. The number of fused-ring (bicyclic) bond motifs is 1. The smallest absolute Gasteiger partial charge is 0.254 e. The van der Waals surface area contributed by atoms with E-state index in [9.17, 15) is 4.79 Å². The Morgan fingerprint density at radius 2 is 2.05 bits per heavy atom. The van der Waals surface area contributed by atoms with Crippen LogP contribution in [0.15, 0.2) is 42.5 Å². The minimum Gasteiger partial charge on any atom is -0.334 e. The lowest BCUT2D eigenvalue weighted by Crippen LogP contribution is -2.42. The lowest BCUT2D eigenvalue weighted by molar-refractivity contribution is 0.0694. The topological polar surface area (TPSA) is 32.3 Å². The van der Waals surface area contributed by atoms with Gasteiger partial charge in [-0.3, -0.25) is 4.79 Å². The number of rotatable bonds is 4. The third-order valence-corrected chi connectivity index (χ3v) is 4.22. The van der Waals surface area contributed by atoms with Gasteiger partial charge in [0, 0.05) is 24.7 Å². The molecule has 110 valence electrons. The molecule has 1 heterocycles. The van der Waals surface area contributed by atoms with Gasteiger partial charge in [0.15, 0.2) is 0 Å². The lowest BCUT2D eigenvalue weighted by atomic mass is 10.0. The second-order valence-electron chi connectivity index (χ2n) is 5.67. The Balaban J connectivity index is 1.97. The van der Waals surface area contributed by atoms with Crippen molar-refractivity contribution in [2.75, 3.05) is 19.6 Å². The first-order valence-corrected chi connectivity index (χ1v) is 7.80. The first-order chi connectivity index (χ1) is 10.3. The standard InChI is InChI=1S/C18H22N2O/c1-2-12-20(15-10-11-19-13-15)18(21)17-9-5-7-14-6-3-4-8-16(14)17/h3-9,15,19H,2,10-13H2,1H3. The number of nitrogens with one attached hydrogen (secondary N) is 1. The van der Waals surface area contributed by atoms with Gasteiger partial charge in [-0.2, -0.15) is 0 Å². The van der Waals surface area contributed by atoms with Gasteiger partial charge >= 0.3 is 0 Å². The molecule has 0 spiro atoms. The zero-order valence-corrected chi connectivity index (χ0v) is 12.5. The van der Waals surface area contributed by atoms with Gasteiger partial charge in [-0.15, -0.1) is 0 Å². The van der Waals surface area contributed by atoms with Crippen LogP contribution in [0, 0.1) is 0 Å². The Labute approximate surface area is 125 Å². The van der Waals surface area contributed by atoms with Gasteiger partial charge in [-0.25, -0.2) is 0 Å². The predicted octanol–water partition coefficient (Wildman–Crippen LogP) is 3.05. The first kappa shape index (κ1) is 14.1. The zero-order valence-electron chi connectivity index (χ0n) is 12.5. The highest BCUT2D eigenvalue weighted by atomic mass is 16.2. The average molecular weight is 282 g/mol. The summed E-state index contributed by atoms with van der Waals surface area (Å²) in [6.07, 6.45) is 2.05. The maximum absolute atomic E-state index is 13.0. The molecule has 1 aliphatic heterocycles. The number of hydrogen-bond acceptors (Lipinski definition) is 2.